The van der Waals surface area contributed by atoms with Crippen molar-refractivity contribution in [3.8, 4) is 11.5 Å². The van der Waals surface area contributed by atoms with Crippen LogP contribution < -0.4 is 14.8 Å². The molecule has 5 nitrogen and oxygen atoms in total. The van der Waals surface area contributed by atoms with Gasteiger partial charge < -0.3 is 14.8 Å². The molecule has 2 aliphatic rings. The highest BCUT2D eigenvalue weighted by atomic mass is 16.5. The fourth-order valence-corrected chi connectivity index (χ4v) is 4.44. The van der Waals surface area contributed by atoms with Crippen LogP contribution >= 0.6 is 0 Å². The van der Waals surface area contributed by atoms with Crippen LogP contribution in [0.1, 0.15) is 55.6 Å². The lowest BCUT2D eigenvalue weighted by Gasteiger charge is -2.34. The SMILES string of the molecule is CCCOc1ccc(C2CC(=O)NC3=C2C(=O)CC(c2ccccc2)C3)cc1OC. The molecule has 1 amide bonds. The zero-order valence-corrected chi connectivity index (χ0v) is 17.4. The van der Waals surface area contributed by atoms with Crippen molar-refractivity contribution in [2.24, 2.45) is 0 Å². The van der Waals surface area contributed by atoms with E-state index in [0.717, 1.165) is 28.8 Å². The number of Topliss-reactive ketones (excluding diaryl/α,β-unsaturated/α-hetero) is 1. The highest BCUT2D eigenvalue weighted by Gasteiger charge is 2.38. The third kappa shape index (κ3) is 3.97. The minimum Gasteiger partial charge on any atom is -0.493 e. The quantitative estimate of drug-likeness (QED) is 0.769. The number of amides is 1. The number of methoxy groups -OCH3 is 1. The minimum atomic E-state index is -0.257. The van der Waals surface area contributed by atoms with Gasteiger partial charge in [-0.25, -0.2) is 0 Å². The van der Waals surface area contributed by atoms with Crippen LogP contribution in [0.15, 0.2) is 59.8 Å². The zero-order chi connectivity index (χ0) is 21.1. The molecule has 4 rings (SSSR count). The molecule has 30 heavy (non-hydrogen) atoms. The molecule has 5 heteroatoms. The molecule has 0 fully saturated rings. The second-order valence-corrected chi connectivity index (χ2v) is 7.89. The summed E-state index contributed by atoms with van der Waals surface area (Å²) in [4.78, 5) is 25.7. The number of rotatable bonds is 6. The van der Waals surface area contributed by atoms with Gasteiger partial charge in [-0.3, -0.25) is 9.59 Å². The molecule has 0 bridgehead atoms. The number of benzene rings is 2. The Bertz CT molecular complexity index is 980. The lowest BCUT2D eigenvalue weighted by molar-refractivity contribution is -0.122. The normalized spacial score (nSPS) is 21.1. The van der Waals surface area contributed by atoms with E-state index in [1.54, 1.807) is 7.11 Å². The number of allylic oxidation sites excluding steroid dienone is 2. The molecule has 0 radical (unpaired) electrons. The number of ketones is 1. The van der Waals surface area contributed by atoms with E-state index in [0.29, 0.717) is 30.9 Å². The van der Waals surface area contributed by atoms with Crippen molar-refractivity contribution in [2.75, 3.05) is 13.7 Å². The van der Waals surface area contributed by atoms with Crippen molar-refractivity contribution in [1.82, 2.24) is 5.32 Å². The Kier molecular flexibility index (Phi) is 5.88. The summed E-state index contributed by atoms with van der Waals surface area (Å²) in [7, 11) is 1.60. The Morgan fingerprint density at radius 3 is 2.50 bits per heavy atom. The lowest BCUT2D eigenvalue weighted by atomic mass is 9.73. The first-order valence-corrected chi connectivity index (χ1v) is 10.5. The molecule has 0 saturated carbocycles. The summed E-state index contributed by atoms with van der Waals surface area (Å²) in [5.74, 6) is 1.20. The van der Waals surface area contributed by atoms with Gasteiger partial charge in [-0.1, -0.05) is 43.3 Å². The standard InChI is InChI=1S/C25H27NO4/c1-3-11-30-22-10-9-17(14-23(22)29-2)19-15-24(28)26-20-12-18(13-21(27)25(19)20)16-7-5-4-6-8-16/h4-10,14,18-19H,3,11-13,15H2,1-2H3,(H,26,28). The Morgan fingerprint density at radius 1 is 0.967 bits per heavy atom. The van der Waals surface area contributed by atoms with Gasteiger partial charge >= 0.3 is 0 Å². The average Bonchev–Trinajstić information content (AvgIpc) is 2.77. The Labute approximate surface area is 177 Å². The molecule has 0 spiro atoms. The van der Waals surface area contributed by atoms with E-state index < -0.39 is 0 Å². The second-order valence-electron chi connectivity index (χ2n) is 7.89. The minimum absolute atomic E-state index is 0.0504. The van der Waals surface area contributed by atoms with Gasteiger partial charge in [-0.2, -0.15) is 0 Å². The smallest absolute Gasteiger partial charge is 0.225 e. The first-order valence-electron chi connectivity index (χ1n) is 10.5. The first-order chi connectivity index (χ1) is 14.6. The van der Waals surface area contributed by atoms with Gasteiger partial charge in [0.05, 0.1) is 13.7 Å². The van der Waals surface area contributed by atoms with Crippen LogP contribution in [-0.2, 0) is 9.59 Å². The van der Waals surface area contributed by atoms with Crippen molar-refractivity contribution in [1.29, 1.82) is 0 Å². The summed E-state index contributed by atoms with van der Waals surface area (Å²) in [6.45, 7) is 2.66. The number of nitrogens with one attached hydrogen (secondary N) is 1. The van der Waals surface area contributed by atoms with E-state index >= 15 is 0 Å². The zero-order valence-electron chi connectivity index (χ0n) is 17.4. The molecule has 1 heterocycles. The van der Waals surface area contributed by atoms with Crippen LogP contribution in [0.5, 0.6) is 11.5 Å². The fourth-order valence-electron chi connectivity index (χ4n) is 4.44. The second kappa shape index (κ2) is 8.74. The molecule has 156 valence electrons. The third-order valence-corrected chi connectivity index (χ3v) is 5.86. The summed E-state index contributed by atoms with van der Waals surface area (Å²) >= 11 is 0. The van der Waals surface area contributed by atoms with Gasteiger partial charge in [0.2, 0.25) is 5.91 Å². The average molecular weight is 405 g/mol. The molecule has 2 atom stereocenters. The van der Waals surface area contributed by atoms with Crippen LogP contribution in [-0.4, -0.2) is 25.4 Å². The predicted octanol–water partition coefficient (Wildman–Crippen LogP) is 4.49. The third-order valence-electron chi connectivity index (χ3n) is 5.86. The highest BCUT2D eigenvalue weighted by molar-refractivity contribution is 6.02. The Morgan fingerprint density at radius 2 is 1.77 bits per heavy atom. The highest BCUT2D eigenvalue weighted by Crippen LogP contribution is 2.44. The fraction of sp³-hybridized carbons (Fsp3) is 0.360. The summed E-state index contributed by atoms with van der Waals surface area (Å²) in [6.07, 6.45) is 2.30. The molecule has 0 aromatic heterocycles. The number of carbonyl (C=O) groups excluding carboxylic acids is 2. The van der Waals surface area contributed by atoms with Gasteiger partial charge in [0, 0.05) is 30.0 Å². The topological polar surface area (TPSA) is 64.6 Å². The van der Waals surface area contributed by atoms with Crippen molar-refractivity contribution < 1.29 is 19.1 Å². The molecule has 1 aliphatic heterocycles. The summed E-state index contributed by atoms with van der Waals surface area (Å²) < 4.78 is 11.3. The number of hydrogen-bond acceptors (Lipinski definition) is 4. The van der Waals surface area contributed by atoms with Crippen molar-refractivity contribution in [3.05, 3.63) is 70.9 Å². The van der Waals surface area contributed by atoms with E-state index in [1.165, 1.54) is 0 Å². The molecular formula is C25H27NO4. The Balaban J connectivity index is 1.67. The number of ether oxygens (including phenoxy) is 2. The van der Waals surface area contributed by atoms with E-state index in [9.17, 15) is 9.59 Å². The summed E-state index contributed by atoms with van der Waals surface area (Å²) in [5.41, 5.74) is 3.55. The first kappa shape index (κ1) is 20.2. The van der Waals surface area contributed by atoms with E-state index in [-0.39, 0.29) is 29.9 Å². The lowest BCUT2D eigenvalue weighted by Crippen LogP contribution is -2.38. The predicted molar refractivity (Wildman–Crippen MR) is 115 cm³/mol. The van der Waals surface area contributed by atoms with Crippen molar-refractivity contribution in [2.45, 2.75) is 44.4 Å². The van der Waals surface area contributed by atoms with Gasteiger partial charge in [0.25, 0.3) is 0 Å². The van der Waals surface area contributed by atoms with Crippen molar-refractivity contribution in [3.63, 3.8) is 0 Å². The maximum Gasteiger partial charge on any atom is 0.225 e. The van der Waals surface area contributed by atoms with Gasteiger partial charge in [-0.15, -0.1) is 0 Å². The van der Waals surface area contributed by atoms with Crippen molar-refractivity contribution >= 4 is 11.7 Å². The van der Waals surface area contributed by atoms with Gasteiger partial charge in [-0.05, 0) is 42.0 Å². The number of hydrogen-bond donors (Lipinski definition) is 1. The van der Waals surface area contributed by atoms with Crippen LogP contribution in [0, 0.1) is 0 Å². The van der Waals surface area contributed by atoms with Crippen LogP contribution in [0.3, 0.4) is 0 Å². The Hall–Kier alpha value is -3.08. The molecular weight excluding hydrogens is 378 g/mol. The maximum absolute atomic E-state index is 13.2. The molecule has 2 unspecified atom stereocenters. The molecule has 1 N–H and O–H groups in total. The van der Waals surface area contributed by atoms with Gasteiger partial charge in [0.15, 0.2) is 17.3 Å². The molecule has 2 aromatic rings. The largest absolute Gasteiger partial charge is 0.493 e. The van der Waals surface area contributed by atoms with Gasteiger partial charge in [0.1, 0.15) is 0 Å². The van der Waals surface area contributed by atoms with Crippen LogP contribution in [0.25, 0.3) is 0 Å². The van der Waals surface area contributed by atoms with E-state index in [1.807, 2.05) is 55.5 Å². The molecule has 0 saturated heterocycles. The monoisotopic (exact) mass is 405 g/mol. The number of carbonyl (C=O) groups is 2. The van der Waals surface area contributed by atoms with Crippen LogP contribution in [0.2, 0.25) is 0 Å². The molecule has 1 aliphatic carbocycles. The summed E-state index contributed by atoms with van der Waals surface area (Å²) in [5, 5.41) is 2.98. The van der Waals surface area contributed by atoms with Crippen LogP contribution in [0.4, 0.5) is 0 Å². The molecule has 2 aromatic carbocycles. The summed E-state index contributed by atoms with van der Waals surface area (Å²) in [6, 6.07) is 15.8. The van der Waals surface area contributed by atoms with E-state index in [4.69, 9.17) is 9.47 Å². The maximum atomic E-state index is 13.2. The van der Waals surface area contributed by atoms with E-state index in [2.05, 4.69) is 5.32 Å².